The van der Waals surface area contributed by atoms with Gasteiger partial charge in [0.15, 0.2) is 11.5 Å². The molecule has 144 valence electrons. The summed E-state index contributed by atoms with van der Waals surface area (Å²) >= 11 is 0. The molecule has 0 spiro atoms. The SMILES string of the molecule is CNCC(=O)NCCCCCc1nc(-c2ccc(O)c(OC)c2)no1.Cl. The number of halogens is 1. The van der Waals surface area contributed by atoms with Crippen LogP contribution in [0.25, 0.3) is 11.4 Å². The summed E-state index contributed by atoms with van der Waals surface area (Å²) < 4.78 is 10.3. The number of carbonyl (C=O) groups excluding carboxylic acids is 1. The van der Waals surface area contributed by atoms with Crippen molar-refractivity contribution in [2.24, 2.45) is 0 Å². The number of unbranched alkanes of at least 4 members (excludes halogenated alkanes) is 2. The van der Waals surface area contributed by atoms with Crippen molar-refractivity contribution in [2.45, 2.75) is 25.7 Å². The minimum absolute atomic E-state index is 0. The summed E-state index contributed by atoms with van der Waals surface area (Å²) in [6, 6.07) is 4.91. The quantitative estimate of drug-likeness (QED) is 0.537. The van der Waals surface area contributed by atoms with E-state index in [1.807, 2.05) is 0 Å². The number of rotatable bonds is 10. The van der Waals surface area contributed by atoms with Crippen LogP contribution in [0.2, 0.25) is 0 Å². The topological polar surface area (TPSA) is 110 Å². The monoisotopic (exact) mass is 384 g/mol. The number of ether oxygens (including phenoxy) is 1. The van der Waals surface area contributed by atoms with Crippen LogP contribution >= 0.6 is 12.4 Å². The smallest absolute Gasteiger partial charge is 0.233 e. The van der Waals surface area contributed by atoms with Crippen molar-refractivity contribution < 1.29 is 19.2 Å². The van der Waals surface area contributed by atoms with Crippen molar-refractivity contribution in [3.05, 3.63) is 24.1 Å². The van der Waals surface area contributed by atoms with Crippen molar-refractivity contribution in [1.29, 1.82) is 0 Å². The van der Waals surface area contributed by atoms with E-state index in [2.05, 4.69) is 20.8 Å². The fraction of sp³-hybridized carbons (Fsp3) is 0.471. The van der Waals surface area contributed by atoms with E-state index in [1.54, 1.807) is 19.2 Å². The maximum atomic E-state index is 11.3. The van der Waals surface area contributed by atoms with Crippen LogP contribution in [0.5, 0.6) is 11.5 Å². The maximum absolute atomic E-state index is 11.3. The van der Waals surface area contributed by atoms with E-state index < -0.39 is 0 Å². The molecule has 0 radical (unpaired) electrons. The molecule has 8 nitrogen and oxygen atoms in total. The maximum Gasteiger partial charge on any atom is 0.233 e. The zero-order valence-electron chi connectivity index (χ0n) is 14.9. The van der Waals surface area contributed by atoms with Crippen LogP contribution in [0.3, 0.4) is 0 Å². The van der Waals surface area contributed by atoms with E-state index in [0.717, 1.165) is 24.8 Å². The van der Waals surface area contributed by atoms with Gasteiger partial charge in [0.05, 0.1) is 13.7 Å². The highest BCUT2D eigenvalue weighted by molar-refractivity contribution is 5.85. The Morgan fingerprint density at radius 3 is 2.85 bits per heavy atom. The van der Waals surface area contributed by atoms with E-state index in [0.29, 0.717) is 37.0 Å². The van der Waals surface area contributed by atoms with Gasteiger partial charge in [-0.3, -0.25) is 4.79 Å². The van der Waals surface area contributed by atoms with Gasteiger partial charge in [0.2, 0.25) is 17.6 Å². The fourth-order valence-electron chi connectivity index (χ4n) is 2.32. The summed E-state index contributed by atoms with van der Waals surface area (Å²) in [5.41, 5.74) is 0.719. The van der Waals surface area contributed by atoms with Crippen molar-refractivity contribution in [3.63, 3.8) is 0 Å². The van der Waals surface area contributed by atoms with Gasteiger partial charge in [-0.15, -0.1) is 12.4 Å². The highest BCUT2D eigenvalue weighted by Crippen LogP contribution is 2.30. The van der Waals surface area contributed by atoms with Crippen LogP contribution in [0.1, 0.15) is 25.2 Å². The minimum atomic E-state index is 0. The molecule has 0 aliphatic heterocycles. The number of aryl methyl sites for hydroxylation is 1. The number of hydrogen-bond acceptors (Lipinski definition) is 7. The van der Waals surface area contributed by atoms with Crippen LogP contribution in [-0.4, -0.2) is 48.4 Å². The number of phenols is 1. The first-order valence-corrected chi connectivity index (χ1v) is 8.25. The van der Waals surface area contributed by atoms with Gasteiger partial charge in [-0.2, -0.15) is 4.98 Å². The number of amides is 1. The summed E-state index contributed by atoms with van der Waals surface area (Å²) in [5.74, 6) is 1.48. The second-order valence-corrected chi connectivity index (χ2v) is 5.59. The number of nitrogens with one attached hydrogen (secondary N) is 2. The van der Waals surface area contributed by atoms with Crippen molar-refractivity contribution in [1.82, 2.24) is 20.8 Å². The molecule has 1 heterocycles. The standard InChI is InChI=1S/C17H24N4O4.ClH/c1-18-11-15(23)19-9-5-3-4-6-16-20-17(21-25-16)12-7-8-13(22)14(10-12)24-2;/h7-8,10,18,22H,3-6,9,11H2,1-2H3,(H,19,23);1H. The van der Waals surface area contributed by atoms with Crippen LogP contribution in [0, 0.1) is 0 Å². The summed E-state index contributed by atoms with van der Waals surface area (Å²) in [5, 5.41) is 19.2. The van der Waals surface area contributed by atoms with Crippen LogP contribution in [0.15, 0.2) is 22.7 Å². The lowest BCUT2D eigenvalue weighted by atomic mass is 10.2. The number of likely N-dealkylation sites (N-methyl/N-ethyl adjacent to an activating group) is 1. The lowest BCUT2D eigenvalue weighted by molar-refractivity contribution is -0.120. The highest BCUT2D eigenvalue weighted by atomic mass is 35.5. The Labute approximate surface area is 158 Å². The summed E-state index contributed by atoms with van der Waals surface area (Å²) in [6.45, 7) is 1.01. The van der Waals surface area contributed by atoms with Crippen LogP contribution in [0.4, 0.5) is 0 Å². The van der Waals surface area contributed by atoms with Gasteiger partial charge in [0.1, 0.15) is 0 Å². The Morgan fingerprint density at radius 2 is 2.12 bits per heavy atom. The first-order chi connectivity index (χ1) is 12.1. The van der Waals surface area contributed by atoms with Crippen molar-refractivity contribution >= 4 is 18.3 Å². The van der Waals surface area contributed by atoms with Gasteiger partial charge >= 0.3 is 0 Å². The molecule has 3 N–H and O–H groups in total. The molecular weight excluding hydrogens is 360 g/mol. The molecule has 0 atom stereocenters. The van der Waals surface area contributed by atoms with Crippen molar-refractivity contribution in [2.75, 3.05) is 27.2 Å². The molecule has 9 heteroatoms. The number of methoxy groups -OCH3 is 1. The van der Waals surface area contributed by atoms with E-state index in [4.69, 9.17) is 9.26 Å². The van der Waals surface area contributed by atoms with E-state index >= 15 is 0 Å². The second-order valence-electron chi connectivity index (χ2n) is 5.59. The fourth-order valence-corrected chi connectivity index (χ4v) is 2.32. The first kappa shape index (κ1) is 21.7. The Balaban J connectivity index is 0.00000338. The molecule has 2 rings (SSSR count). The van der Waals surface area contributed by atoms with Gasteiger partial charge in [-0.1, -0.05) is 11.6 Å². The number of aromatic nitrogens is 2. The molecular formula is C17H25ClN4O4. The Hall–Kier alpha value is -2.32. The summed E-state index contributed by atoms with van der Waals surface area (Å²) in [4.78, 5) is 15.6. The molecule has 1 amide bonds. The van der Waals surface area contributed by atoms with Gasteiger partial charge in [0, 0.05) is 18.5 Å². The normalized spacial score (nSPS) is 10.2. The van der Waals surface area contributed by atoms with Gasteiger partial charge in [0.25, 0.3) is 0 Å². The van der Waals surface area contributed by atoms with Crippen molar-refractivity contribution in [3.8, 4) is 22.9 Å². The number of benzene rings is 1. The second kappa shape index (κ2) is 11.3. The van der Waals surface area contributed by atoms with E-state index in [1.165, 1.54) is 13.2 Å². The minimum Gasteiger partial charge on any atom is -0.504 e. The molecule has 26 heavy (non-hydrogen) atoms. The molecule has 0 saturated carbocycles. The predicted molar refractivity (Wildman–Crippen MR) is 99.7 cm³/mol. The molecule has 1 aromatic carbocycles. The number of hydrogen-bond donors (Lipinski definition) is 3. The average molecular weight is 385 g/mol. The van der Waals surface area contributed by atoms with E-state index in [-0.39, 0.29) is 24.1 Å². The zero-order valence-corrected chi connectivity index (χ0v) is 15.8. The van der Waals surface area contributed by atoms with E-state index in [9.17, 15) is 9.90 Å². The lowest BCUT2D eigenvalue weighted by Crippen LogP contribution is -2.32. The third-order valence-electron chi connectivity index (χ3n) is 3.63. The molecule has 0 bridgehead atoms. The molecule has 0 fully saturated rings. The lowest BCUT2D eigenvalue weighted by Gasteiger charge is -2.04. The largest absolute Gasteiger partial charge is 0.504 e. The first-order valence-electron chi connectivity index (χ1n) is 8.25. The third kappa shape index (κ3) is 6.53. The zero-order chi connectivity index (χ0) is 18.1. The molecule has 0 unspecified atom stereocenters. The highest BCUT2D eigenvalue weighted by Gasteiger charge is 2.11. The Kier molecular flexibility index (Phi) is 9.46. The number of nitrogens with zero attached hydrogens (tertiary/aromatic N) is 2. The summed E-state index contributed by atoms with van der Waals surface area (Å²) in [7, 11) is 3.23. The third-order valence-corrected chi connectivity index (χ3v) is 3.63. The molecule has 1 aromatic heterocycles. The number of phenolic OH excluding ortho intramolecular Hbond substituents is 1. The summed E-state index contributed by atoms with van der Waals surface area (Å²) in [6.07, 6.45) is 3.46. The van der Waals surface area contributed by atoms with Gasteiger partial charge < -0.3 is 25.0 Å². The number of aromatic hydroxyl groups is 1. The Morgan fingerprint density at radius 1 is 1.31 bits per heavy atom. The van der Waals surface area contributed by atoms with Crippen LogP contribution in [-0.2, 0) is 11.2 Å². The molecule has 0 aliphatic rings. The Bertz CT molecular complexity index is 693. The molecule has 0 saturated heterocycles. The van der Waals surface area contributed by atoms with Gasteiger partial charge in [-0.05, 0) is 38.1 Å². The molecule has 0 aliphatic carbocycles. The predicted octanol–water partition coefficient (Wildman–Crippen LogP) is 1.92. The van der Waals surface area contributed by atoms with Gasteiger partial charge in [-0.25, -0.2) is 0 Å². The molecule has 2 aromatic rings. The average Bonchev–Trinajstić information content (AvgIpc) is 3.07. The van der Waals surface area contributed by atoms with Crippen LogP contribution < -0.4 is 15.4 Å². The number of carbonyl (C=O) groups is 1.